The van der Waals surface area contributed by atoms with Crippen molar-refractivity contribution in [2.24, 2.45) is 0 Å². The van der Waals surface area contributed by atoms with E-state index in [0.717, 1.165) is 31.2 Å². The molecule has 0 atom stereocenters. The Morgan fingerprint density at radius 1 is 1.16 bits per heavy atom. The molecule has 2 heterocycles. The Labute approximate surface area is 155 Å². The van der Waals surface area contributed by atoms with Gasteiger partial charge >= 0.3 is 5.97 Å². The van der Waals surface area contributed by atoms with Crippen molar-refractivity contribution in [3.05, 3.63) is 40.5 Å². The predicted octanol–water partition coefficient (Wildman–Crippen LogP) is 5.24. The molecule has 0 saturated carbocycles. The minimum atomic E-state index is -0.961. The van der Waals surface area contributed by atoms with E-state index in [1.807, 2.05) is 0 Å². The zero-order chi connectivity index (χ0) is 18.4. The summed E-state index contributed by atoms with van der Waals surface area (Å²) in [6, 6.07) is 6.40. The van der Waals surface area contributed by atoms with Crippen LogP contribution in [0.25, 0.3) is 21.3 Å². The van der Waals surface area contributed by atoms with E-state index in [1.165, 1.54) is 29.2 Å². The quantitative estimate of drug-likeness (QED) is 0.501. The van der Waals surface area contributed by atoms with Gasteiger partial charge in [-0.2, -0.15) is 0 Å². The van der Waals surface area contributed by atoms with E-state index < -0.39 is 10.7 Å². The first-order valence-electron chi connectivity index (χ1n) is 7.95. The maximum atomic E-state index is 11.5. The molecule has 0 unspecified atom stereocenters. The molecule has 1 N–H and O–H groups in total. The van der Waals surface area contributed by atoms with Crippen LogP contribution in [0.4, 0.5) is 0 Å². The van der Waals surface area contributed by atoms with Gasteiger partial charge in [0.25, 0.3) is 0 Å². The number of hydrogen-bond donors (Lipinski definition) is 1. The van der Waals surface area contributed by atoms with Crippen LogP contribution in [0.15, 0.2) is 29.6 Å². The fourth-order valence-corrected chi connectivity index (χ4v) is 4.67. The number of fused-ring (bicyclic) bond motifs is 1. The zero-order valence-corrected chi connectivity index (χ0v) is 16.5. The van der Waals surface area contributed by atoms with Crippen LogP contribution in [-0.4, -0.2) is 25.8 Å². The molecule has 0 radical (unpaired) electrons. The van der Waals surface area contributed by atoms with Crippen LogP contribution in [0.2, 0.25) is 0 Å². The zero-order valence-electron chi connectivity index (χ0n) is 14.9. The lowest BCUT2D eigenvalue weighted by molar-refractivity contribution is -0.138. The first-order chi connectivity index (χ1) is 11.7. The Bertz CT molecular complexity index is 977. The SMILES string of the molecule is Cc1ccc(-c2c(C)sc3ncnc(SC(C)(C)C(=O)O)c23)cc1C. The molecule has 0 aliphatic heterocycles. The monoisotopic (exact) mass is 372 g/mol. The van der Waals surface area contributed by atoms with Crippen molar-refractivity contribution in [1.82, 2.24) is 9.97 Å². The number of nitrogens with zero attached hydrogens (tertiary/aromatic N) is 2. The standard InChI is InChI=1S/C19H20N2O2S2/c1-10-6-7-13(8-11(10)2)14-12(3)24-16-15(14)17(21-9-20-16)25-19(4,5)18(22)23/h6-9H,1-5H3,(H,22,23). The highest BCUT2D eigenvalue weighted by molar-refractivity contribution is 8.01. The van der Waals surface area contributed by atoms with Crippen molar-refractivity contribution in [2.45, 2.75) is 44.4 Å². The van der Waals surface area contributed by atoms with Crippen LogP contribution in [0.5, 0.6) is 0 Å². The number of aromatic nitrogens is 2. The second kappa shape index (κ2) is 6.42. The second-order valence-electron chi connectivity index (χ2n) is 6.61. The molecule has 0 fully saturated rings. The highest BCUT2D eigenvalue weighted by Gasteiger charge is 2.31. The Morgan fingerprint density at radius 2 is 1.88 bits per heavy atom. The Hall–Kier alpha value is -1.92. The summed E-state index contributed by atoms with van der Waals surface area (Å²) in [5, 5.41) is 11.1. The molecule has 0 aliphatic carbocycles. The largest absolute Gasteiger partial charge is 0.480 e. The Morgan fingerprint density at radius 3 is 2.52 bits per heavy atom. The molecule has 0 amide bonds. The van der Waals surface area contributed by atoms with Gasteiger partial charge in [0, 0.05) is 10.4 Å². The van der Waals surface area contributed by atoms with Gasteiger partial charge in [0.15, 0.2) is 0 Å². The fourth-order valence-electron chi connectivity index (χ4n) is 2.62. The molecular weight excluding hydrogens is 352 g/mol. The van der Waals surface area contributed by atoms with Gasteiger partial charge in [-0.3, -0.25) is 4.79 Å². The first-order valence-corrected chi connectivity index (χ1v) is 9.58. The van der Waals surface area contributed by atoms with Crippen molar-refractivity contribution in [2.75, 3.05) is 0 Å². The van der Waals surface area contributed by atoms with Crippen LogP contribution in [0, 0.1) is 20.8 Å². The highest BCUT2D eigenvalue weighted by atomic mass is 32.2. The minimum absolute atomic E-state index is 0.718. The number of benzene rings is 1. The maximum Gasteiger partial charge on any atom is 0.319 e. The predicted molar refractivity (Wildman–Crippen MR) is 105 cm³/mol. The lowest BCUT2D eigenvalue weighted by Gasteiger charge is -2.18. The number of thioether (sulfide) groups is 1. The average molecular weight is 373 g/mol. The van der Waals surface area contributed by atoms with E-state index in [1.54, 1.807) is 25.2 Å². The van der Waals surface area contributed by atoms with Gasteiger partial charge in [-0.15, -0.1) is 11.3 Å². The van der Waals surface area contributed by atoms with E-state index in [4.69, 9.17) is 0 Å². The molecule has 0 aliphatic rings. The summed E-state index contributed by atoms with van der Waals surface area (Å²) in [5.74, 6) is -0.857. The van der Waals surface area contributed by atoms with Gasteiger partial charge in [0.1, 0.15) is 20.9 Å². The number of aryl methyl sites for hydroxylation is 3. The van der Waals surface area contributed by atoms with Crippen molar-refractivity contribution in [3.8, 4) is 11.1 Å². The highest BCUT2D eigenvalue weighted by Crippen LogP contribution is 2.44. The smallest absolute Gasteiger partial charge is 0.319 e. The number of carboxylic acid groups (broad SMARTS) is 1. The van der Waals surface area contributed by atoms with E-state index in [9.17, 15) is 9.90 Å². The van der Waals surface area contributed by atoms with Crippen molar-refractivity contribution >= 4 is 39.3 Å². The van der Waals surface area contributed by atoms with Gasteiger partial charge in [0.05, 0.1) is 5.39 Å². The summed E-state index contributed by atoms with van der Waals surface area (Å²) in [4.78, 5) is 22.4. The van der Waals surface area contributed by atoms with Gasteiger partial charge in [-0.1, -0.05) is 30.0 Å². The third-order valence-electron chi connectivity index (χ3n) is 4.29. The van der Waals surface area contributed by atoms with Crippen molar-refractivity contribution in [1.29, 1.82) is 0 Å². The van der Waals surface area contributed by atoms with E-state index in [0.29, 0.717) is 0 Å². The van der Waals surface area contributed by atoms with Gasteiger partial charge < -0.3 is 5.11 Å². The third-order valence-corrected chi connectivity index (χ3v) is 6.49. The molecule has 3 rings (SSSR count). The summed E-state index contributed by atoms with van der Waals surface area (Å²) in [6.45, 7) is 9.67. The van der Waals surface area contributed by atoms with E-state index >= 15 is 0 Å². The second-order valence-corrected chi connectivity index (χ2v) is 9.42. The average Bonchev–Trinajstić information content (AvgIpc) is 2.87. The number of thiophene rings is 1. The molecular formula is C19H20N2O2S2. The Kier molecular flexibility index (Phi) is 4.60. The lowest BCUT2D eigenvalue weighted by atomic mass is 9.99. The fraction of sp³-hybridized carbons (Fsp3) is 0.316. The number of carboxylic acids is 1. The summed E-state index contributed by atoms with van der Waals surface area (Å²) >= 11 is 2.89. The minimum Gasteiger partial charge on any atom is -0.480 e. The van der Waals surface area contributed by atoms with Gasteiger partial charge in [0.2, 0.25) is 0 Å². The van der Waals surface area contributed by atoms with Gasteiger partial charge in [-0.05, 0) is 51.3 Å². The number of aliphatic carboxylic acids is 1. The molecule has 130 valence electrons. The molecule has 0 bridgehead atoms. The Balaban J connectivity index is 2.24. The van der Waals surface area contributed by atoms with Crippen molar-refractivity contribution in [3.63, 3.8) is 0 Å². The lowest BCUT2D eigenvalue weighted by Crippen LogP contribution is -2.27. The maximum absolute atomic E-state index is 11.5. The summed E-state index contributed by atoms with van der Waals surface area (Å²) in [7, 11) is 0. The molecule has 3 aromatic rings. The molecule has 0 spiro atoms. The van der Waals surface area contributed by atoms with E-state index in [-0.39, 0.29) is 0 Å². The van der Waals surface area contributed by atoms with E-state index in [2.05, 4.69) is 48.9 Å². The third kappa shape index (κ3) is 3.28. The topological polar surface area (TPSA) is 63.1 Å². The van der Waals surface area contributed by atoms with Gasteiger partial charge in [-0.25, -0.2) is 9.97 Å². The van der Waals surface area contributed by atoms with Crippen LogP contribution < -0.4 is 0 Å². The normalized spacial score (nSPS) is 11.9. The number of carbonyl (C=O) groups is 1. The summed E-state index contributed by atoms with van der Waals surface area (Å²) < 4.78 is -0.961. The van der Waals surface area contributed by atoms with Crippen LogP contribution >= 0.6 is 23.1 Å². The number of rotatable bonds is 4. The molecule has 2 aromatic heterocycles. The molecule has 4 nitrogen and oxygen atoms in total. The molecule has 1 aromatic carbocycles. The molecule has 6 heteroatoms. The van der Waals surface area contributed by atoms with Crippen LogP contribution in [-0.2, 0) is 4.79 Å². The number of hydrogen-bond acceptors (Lipinski definition) is 5. The molecule has 25 heavy (non-hydrogen) atoms. The molecule has 0 saturated heterocycles. The van der Waals surface area contributed by atoms with Crippen molar-refractivity contribution < 1.29 is 9.90 Å². The van der Waals surface area contributed by atoms with Crippen LogP contribution in [0.3, 0.4) is 0 Å². The summed E-state index contributed by atoms with van der Waals surface area (Å²) in [6.07, 6.45) is 1.52. The van der Waals surface area contributed by atoms with Crippen LogP contribution in [0.1, 0.15) is 29.9 Å². The summed E-state index contributed by atoms with van der Waals surface area (Å²) in [5.41, 5.74) is 4.70. The first kappa shape index (κ1) is 17.9.